The fourth-order valence-corrected chi connectivity index (χ4v) is 5.64. The number of aromatic nitrogens is 2. The molecule has 11 nitrogen and oxygen atoms in total. The number of ether oxygens (including phenoxy) is 2. The molecule has 1 fully saturated rings. The summed E-state index contributed by atoms with van der Waals surface area (Å²) < 4.78 is 13.0. The third-order valence-electron chi connectivity index (χ3n) is 7.79. The molecule has 3 aliphatic heterocycles. The van der Waals surface area contributed by atoms with E-state index in [0.717, 1.165) is 29.6 Å². The van der Waals surface area contributed by atoms with E-state index in [0.29, 0.717) is 42.3 Å². The molecule has 1 amide bonds. The van der Waals surface area contributed by atoms with Crippen LogP contribution in [0.3, 0.4) is 0 Å². The minimum Gasteiger partial charge on any atom is -0.480 e. The Labute approximate surface area is 224 Å². The summed E-state index contributed by atoms with van der Waals surface area (Å²) in [5.74, 6) is 0.0165. The van der Waals surface area contributed by atoms with E-state index in [1.807, 2.05) is 31.1 Å². The summed E-state index contributed by atoms with van der Waals surface area (Å²) in [6.45, 7) is 4.78. The lowest BCUT2D eigenvalue weighted by atomic mass is 9.85. The fraction of sp³-hybridized carbons (Fsp3) is 0.429. The van der Waals surface area contributed by atoms with E-state index in [1.54, 1.807) is 28.5 Å². The molecule has 6 rings (SSSR count). The summed E-state index contributed by atoms with van der Waals surface area (Å²) in [7, 11) is 3.88. The Hall–Kier alpha value is -3.80. The van der Waals surface area contributed by atoms with Gasteiger partial charge in [0.1, 0.15) is 5.75 Å². The molecule has 1 atom stereocenters. The summed E-state index contributed by atoms with van der Waals surface area (Å²) in [6.07, 6.45) is -0.251. The number of fused-ring (bicyclic) bond motifs is 5. The van der Waals surface area contributed by atoms with Crippen molar-refractivity contribution in [2.24, 2.45) is 0 Å². The first-order valence-electron chi connectivity index (χ1n) is 13.2. The Morgan fingerprint density at radius 1 is 1.23 bits per heavy atom. The number of Topliss-reactive ketones (excluding diaryl/α,β-unsaturated/α-hetero) is 1. The van der Waals surface area contributed by atoms with Crippen LogP contribution in [-0.4, -0.2) is 83.2 Å². The Bertz CT molecular complexity index is 1580. The van der Waals surface area contributed by atoms with Crippen LogP contribution in [0.4, 0.5) is 4.79 Å². The number of piperazine rings is 1. The minimum atomic E-state index is -1.77. The molecule has 2 N–H and O–H groups in total. The van der Waals surface area contributed by atoms with Crippen LogP contribution < -0.4 is 20.3 Å². The van der Waals surface area contributed by atoms with E-state index in [9.17, 15) is 19.5 Å². The van der Waals surface area contributed by atoms with Gasteiger partial charge >= 0.3 is 6.09 Å². The van der Waals surface area contributed by atoms with Crippen LogP contribution >= 0.6 is 0 Å². The standard InChI is InChI=1S/C28H31N5O6/c1-4-28(37)19-12-21-24-16(13-33(21)26(35)25(19)38-15-23(28)34)11-17-18(14-31(2)3)22(6-5-20(17)30-24)39-27(36)32-9-7-29-8-10-32/h5-6,11-12,29,37H,4,7-10,13-15H2,1-3H3/t28-/m0/s1. The highest BCUT2D eigenvalue weighted by Gasteiger charge is 2.44. The van der Waals surface area contributed by atoms with Gasteiger partial charge < -0.3 is 29.7 Å². The van der Waals surface area contributed by atoms with E-state index in [2.05, 4.69) is 5.32 Å². The number of nitrogens with zero attached hydrogens (tertiary/aromatic N) is 4. The Morgan fingerprint density at radius 2 is 2.00 bits per heavy atom. The predicted molar refractivity (Wildman–Crippen MR) is 143 cm³/mol. The zero-order valence-electron chi connectivity index (χ0n) is 22.2. The second-order valence-corrected chi connectivity index (χ2v) is 10.5. The van der Waals surface area contributed by atoms with Crippen molar-refractivity contribution >= 4 is 22.8 Å². The van der Waals surface area contributed by atoms with Gasteiger partial charge in [-0.3, -0.25) is 14.2 Å². The first-order valence-corrected chi connectivity index (χ1v) is 13.2. The molecule has 0 radical (unpaired) electrons. The molecule has 1 aromatic carbocycles. The maximum atomic E-state index is 13.4. The lowest BCUT2D eigenvalue weighted by molar-refractivity contribution is -0.143. The van der Waals surface area contributed by atoms with Crippen molar-refractivity contribution in [3.8, 4) is 22.9 Å². The van der Waals surface area contributed by atoms with E-state index in [1.165, 1.54) is 0 Å². The minimum absolute atomic E-state index is 0.00969. The number of benzene rings is 1. The van der Waals surface area contributed by atoms with Crippen LogP contribution in [0.5, 0.6) is 11.5 Å². The number of amides is 1. The third kappa shape index (κ3) is 4.08. The first-order chi connectivity index (χ1) is 18.7. The smallest absolute Gasteiger partial charge is 0.415 e. The van der Waals surface area contributed by atoms with Crippen molar-refractivity contribution in [3.05, 3.63) is 51.3 Å². The van der Waals surface area contributed by atoms with Gasteiger partial charge in [0.2, 0.25) is 5.78 Å². The van der Waals surface area contributed by atoms with Gasteiger partial charge in [-0.15, -0.1) is 0 Å². The first kappa shape index (κ1) is 25.5. The SMILES string of the molecule is CC[C@@]1(O)C(=O)COc2c1cc1n(c2=O)Cc2cc3c(CN(C)C)c(OC(=O)N4CCNCC4)ccc3nc2-1. The third-order valence-corrected chi connectivity index (χ3v) is 7.79. The molecule has 5 heterocycles. The van der Waals surface area contributed by atoms with Gasteiger partial charge in [-0.25, -0.2) is 9.78 Å². The maximum Gasteiger partial charge on any atom is 0.415 e. The van der Waals surface area contributed by atoms with Crippen LogP contribution in [0, 0.1) is 0 Å². The Kier molecular flexibility index (Phi) is 6.17. The zero-order chi connectivity index (χ0) is 27.5. The molecule has 1 saturated heterocycles. The number of nitrogens with one attached hydrogen (secondary N) is 1. The maximum absolute atomic E-state index is 13.4. The van der Waals surface area contributed by atoms with Crippen molar-refractivity contribution in [2.45, 2.75) is 32.0 Å². The summed E-state index contributed by atoms with van der Waals surface area (Å²) in [4.78, 5) is 47.5. The number of hydrogen-bond acceptors (Lipinski definition) is 9. The van der Waals surface area contributed by atoms with Crippen LogP contribution in [0.1, 0.15) is 30.0 Å². The number of pyridine rings is 2. The predicted octanol–water partition coefficient (Wildman–Crippen LogP) is 1.45. The van der Waals surface area contributed by atoms with Crippen molar-refractivity contribution in [3.63, 3.8) is 0 Å². The molecule has 2 aromatic heterocycles. The van der Waals surface area contributed by atoms with Gasteiger partial charge in [-0.1, -0.05) is 6.92 Å². The van der Waals surface area contributed by atoms with Crippen LogP contribution in [0.15, 0.2) is 29.1 Å². The second-order valence-electron chi connectivity index (χ2n) is 10.5. The highest BCUT2D eigenvalue weighted by molar-refractivity contribution is 5.93. The lowest BCUT2D eigenvalue weighted by Gasteiger charge is -2.32. The normalized spacial score (nSPS) is 20.0. The van der Waals surface area contributed by atoms with Crippen LogP contribution in [-0.2, 0) is 23.5 Å². The number of carbonyl (C=O) groups excluding carboxylic acids is 2. The summed E-state index contributed by atoms with van der Waals surface area (Å²) in [6, 6.07) is 7.22. The molecule has 0 unspecified atom stereocenters. The summed E-state index contributed by atoms with van der Waals surface area (Å²) in [5.41, 5.74) is 1.49. The van der Waals surface area contributed by atoms with Gasteiger partial charge in [0.05, 0.1) is 23.4 Å². The van der Waals surface area contributed by atoms with Gasteiger partial charge in [0.15, 0.2) is 18.0 Å². The highest BCUT2D eigenvalue weighted by atomic mass is 16.6. The lowest BCUT2D eigenvalue weighted by Crippen LogP contribution is -2.47. The van der Waals surface area contributed by atoms with Crippen LogP contribution in [0.2, 0.25) is 0 Å². The van der Waals surface area contributed by atoms with E-state index >= 15 is 0 Å². The quantitative estimate of drug-likeness (QED) is 0.401. The second kappa shape index (κ2) is 9.44. The number of aliphatic hydroxyl groups is 1. The molecular weight excluding hydrogens is 502 g/mol. The molecule has 0 bridgehead atoms. The number of hydrogen-bond donors (Lipinski definition) is 2. The van der Waals surface area contributed by atoms with Crippen molar-refractivity contribution in [1.82, 2.24) is 24.7 Å². The Morgan fingerprint density at radius 3 is 2.72 bits per heavy atom. The molecule has 11 heteroatoms. The average molecular weight is 534 g/mol. The van der Waals surface area contributed by atoms with Gasteiger partial charge in [-0.05, 0) is 44.8 Å². The van der Waals surface area contributed by atoms with Crippen molar-refractivity contribution < 1.29 is 24.2 Å². The summed E-state index contributed by atoms with van der Waals surface area (Å²) in [5, 5.41) is 15.2. The molecule has 3 aliphatic rings. The molecule has 39 heavy (non-hydrogen) atoms. The largest absolute Gasteiger partial charge is 0.480 e. The van der Waals surface area contributed by atoms with Crippen molar-refractivity contribution in [1.29, 1.82) is 0 Å². The molecule has 3 aromatic rings. The molecule has 0 spiro atoms. The van der Waals surface area contributed by atoms with E-state index in [-0.39, 0.29) is 37.0 Å². The number of carbonyl (C=O) groups is 2. The Balaban J connectivity index is 1.45. The van der Waals surface area contributed by atoms with E-state index < -0.39 is 16.9 Å². The van der Waals surface area contributed by atoms with Crippen molar-refractivity contribution in [2.75, 3.05) is 46.9 Å². The van der Waals surface area contributed by atoms with Gasteiger partial charge in [0.25, 0.3) is 5.56 Å². The fourth-order valence-electron chi connectivity index (χ4n) is 5.64. The average Bonchev–Trinajstić information content (AvgIpc) is 3.29. The molecule has 0 saturated carbocycles. The summed E-state index contributed by atoms with van der Waals surface area (Å²) >= 11 is 0. The topological polar surface area (TPSA) is 126 Å². The van der Waals surface area contributed by atoms with Crippen LogP contribution in [0.25, 0.3) is 22.3 Å². The molecular formula is C28H31N5O6. The number of rotatable bonds is 4. The van der Waals surface area contributed by atoms with Gasteiger partial charge in [0, 0.05) is 54.8 Å². The monoisotopic (exact) mass is 533 g/mol. The number of ketones is 1. The highest BCUT2D eigenvalue weighted by Crippen LogP contribution is 2.41. The zero-order valence-corrected chi connectivity index (χ0v) is 22.2. The molecule has 0 aliphatic carbocycles. The molecule has 204 valence electrons. The van der Waals surface area contributed by atoms with E-state index in [4.69, 9.17) is 14.5 Å². The van der Waals surface area contributed by atoms with Gasteiger partial charge in [-0.2, -0.15) is 0 Å².